The van der Waals surface area contributed by atoms with E-state index in [0.717, 1.165) is 29.5 Å². The van der Waals surface area contributed by atoms with E-state index in [1.54, 1.807) is 24.3 Å². The molecule has 0 bridgehead atoms. The van der Waals surface area contributed by atoms with Crippen LogP contribution in [0.5, 0.6) is 0 Å². The monoisotopic (exact) mass is 452 g/mol. The molecule has 1 aromatic heterocycles. The van der Waals surface area contributed by atoms with E-state index in [9.17, 15) is 23.2 Å². The topological polar surface area (TPSA) is 101 Å². The molecule has 2 aliphatic heterocycles. The fraction of sp³-hybridized carbons (Fsp3) is 0.136. The molecule has 3 amide bonds. The Morgan fingerprint density at radius 3 is 2.34 bits per heavy atom. The van der Waals surface area contributed by atoms with E-state index in [4.69, 9.17) is 0 Å². The van der Waals surface area contributed by atoms with Gasteiger partial charge in [-0.2, -0.15) is 0 Å². The largest absolute Gasteiger partial charge is 0.346 e. The minimum Gasteiger partial charge on any atom is -0.346 e. The van der Waals surface area contributed by atoms with Crippen LogP contribution in [-0.2, 0) is 17.8 Å². The summed E-state index contributed by atoms with van der Waals surface area (Å²) in [6, 6.07) is 10.5. The highest BCUT2D eigenvalue weighted by atomic mass is 32.2. The Bertz CT molecular complexity index is 1280. The van der Waals surface area contributed by atoms with Gasteiger partial charge in [-0.05, 0) is 35.0 Å². The molecule has 0 saturated carbocycles. The van der Waals surface area contributed by atoms with Crippen molar-refractivity contribution < 1.29 is 23.2 Å². The van der Waals surface area contributed by atoms with Gasteiger partial charge in [0.2, 0.25) is 5.91 Å². The van der Waals surface area contributed by atoms with Crippen molar-refractivity contribution in [2.24, 2.45) is 0 Å². The summed E-state index contributed by atoms with van der Waals surface area (Å²) in [7, 11) is 0. The summed E-state index contributed by atoms with van der Waals surface area (Å²) in [5.74, 6) is -2.42. The maximum atomic E-state index is 14.3. The summed E-state index contributed by atoms with van der Waals surface area (Å²) >= 11 is 0.911. The fourth-order valence-corrected chi connectivity index (χ4v) is 4.56. The molecule has 1 unspecified atom stereocenters. The molecule has 160 valence electrons. The summed E-state index contributed by atoms with van der Waals surface area (Å²) in [4.78, 5) is 44.2. The molecule has 2 aliphatic rings. The number of hydrogen-bond acceptors (Lipinski definition) is 6. The second kappa shape index (κ2) is 7.79. The van der Waals surface area contributed by atoms with Crippen LogP contribution in [0.3, 0.4) is 0 Å². The van der Waals surface area contributed by atoms with Crippen LogP contribution in [0.4, 0.5) is 13.6 Å². The molecule has 32 heavy (non-hydrogen) atoms. The van der Waals surface area contributed by atoms with Crippen molar-refractivity contribution in [3.8, 4) is 11.4 Å². The fourth-order valence-electron chi connectivity index (χ4n) is 3.73. The number of thioether (sulfide) groups is 1. The van der Waals surface area contributed by atoms with Gasteiger partial charge < -0.3 is 5.32 Å². The van der Waals surface area contributed by atoms with Crippen LogP contribution < -0.4 is 10.6 Å². The van der Waals surface area contributed by atoms with E-state index in [2.05, 4.69) is 20.6 Å². The molecule has 1 fully saturated rings. The first-order valence-electron chi connectivity index (χ1n) is 9.63. The van der Waals surface area contributed by atoms with Crippen LogP contribution >= 0.6 is 11.8 Å². The summed E-state index contributed by atoms with van der Waals surface area (Å²) in [6.45, 7) is 0.147. The first kappa shape index (κ1) is 20.3. The molecule has 5 rings (SSSR count). The van der Waals surface area contributed by atoms with Crippen molar-refractivity contribution in [3.05, 3.63) is 82.2 Å². The third-order valence-corrected chi connectivity index (χ3v) is 6.27. The molecule has 2 N–H and O–H groups in total. The standard InChI is InChI=1S/C22H14F2N4O3S/c23-12-2-1-3-13(24)16(12)19-26-14(17-15(27-19)9-25-20(17)29)8-10-4-6-11(7-5-10)18-21(30)28-22(31)32-18/h1-7,18H,8-9H2,(H,25,29)(H,28,30,31). The second-order valence-corrected chi connectivity index (χ2v) is 8.37. The highest BCUT2D eigenvalue weighted by molar-refractivity contribution is 8.15. The lowest BCUT2D eigenvalue weighted by atomic mass is 10.0. The molecule has 10 heteroatoms. The van der Waals surface area contributed by atoms with Crippen LogP contribution in [-0.4, -0.2) is 27.0 Å². The minimum atomic E-state index is -0.792. The van der Waals surface area contributed by atoms with Gasteiger partial charge in [-0.25, -0.2) is 18.7 Å². The van der Waals surface area contributed by atoms with Gasteiger partial charge in [-0.3, -0.25) is 19.7 Å². The van der Waals surface area contributed by atoms with Gasteiger partial charge in [0, 0.05) is 6.42 Å². The van der Waals surface area contributed by atoms with E-state index in [0.29, 0.717) is 22.5 Å². The molecule has 3 heterocycles. The highest BCUT2D eigenvalue weighted by Crippen LogP contribution is 2.34. The lowest BCUT2D eigenvalue weighted by Gasteiger charge is -2.11. The summed E-state index contributed by atoms with van der Waals surface area (Å²) in [5, 5.41) is 3.91. The number of benzene rings is 2. The summed E-state index contributed by atoms with van der Waals surface area (Å²) in [6.07, 6.45) is 0.213. The average Bonchev–Trinajstić information content (AvgIpc) is 3.30. The second-order valence-electron chi connectivity index (χ2n) is 7.29. The number of amides is 3. The van der Waals surface area contributed by atoms with Crippen molar-refractivity contribution in [2.45, 2.75) is 18.2 Å². The van der Waals surface area contributed by atoms with Gasteiger partial charge >= 0.3 is 0 Å². The Balaban J connectivity index is 1.51. The number of nitrogens with zero attached hydrogens (tertiary/aromatic N) is 2. The Kier molecular flexibility index (Phi) is 4.93. The van der Waals surface area contributed by atoms with Crippen molar-refractivity contribution in [1.29, 1.82) is 0 Å². The van der Waals surface area contributed by atoms with E-state index in [-0.39, 0.29) is 41.4 Å². The predicted molar refractivity (Wildman–Crippen MR) is 112 cm³/mol. The Morgan fingerprint density at radius 2 is 1.69 bits per heavy atom. The van der Waals surface area contributed by atoms with Crippen LogP contribution in [0.15, 0.2) is 42.5 Å². The molecule has 1 saturated heterocycles. The van der Waals surface area contributed by atoms with Crippen LogP contribution in [0.2, 0.25) is 0 Å². The zero-order valence-electron chi connectivity index (χ0n) is 16.3. The maximum Gasteiger partial charge on any atom is 0.286 e. The number of hydrogen-bond donors (Lipinski definition) is 2. The normalized spacial score (nSPS) is 17.3. The van der Waals surface area contributed by atoms with Crippen molar-refractivity contribution >= 4 is 28.8 Å². The zero-order chi connectivity index (χ0) is 22.4. The van der Waals surface area contributed by atoms with Gasteiger partial charge in [0.05, 0.1) is 29.1 Å². The Hall–Kier alpha value is -3.66. The maximum absolute atomic E-state index is 14.3. The Labute approximate surface area is 184 Å². The van der Waals surface area contributed by atoms with Gasteiger partial charge in [0.25, 0.3) is 11.1 Å². The van der Waals surface area contributed by atoms with Crippen molar-refractivity contribution in [3.63, 3.8) is 0 Å². The average molecular weight is 452 g/mol. The third-order valence-electron chi connectivity index (χ3n) is 5.23. The molecule has 3 aromatic rings. The molecule has 0 radical (unpaired) electrons. The number of aromatic nitrogens is 2. The SMILES string of the molecule is O=C1NC(=O)C(c2ccc(Cc3nc(-c4c(F)cccc4F)nc4c3C(=O)NC4)cc2)S1. The van der Waals surface area contributed by atoms with Gasteiger partial charge in [-0.1, -0.05) is 30.3 Å². The summed E-state index contributed by atoms with van der Waals surface area (Å²) < 4.78 is 28.6. The van der Waals surface area contributed by atoms with Crippen LogP contribution in [0.1, 0.15) is 38.1 Å². The predicted octanol–water partition coefficient (Wildman–Crippen LogP) is 3.28. The molecular formula is C22H14F2N4O3S. The van der Waals surface area contributed by atoms with Crippen molar-refractivity contribution in [2.75, 3.05) is 0 Å². The molecular weight excluding hydrogens is 438 g/mol. The number of halogens is 2. The van der Waals surface area contributed by atoms with Gasteiger partial charge in [0.1, 0.15) is 16.9 Å². The smallest absolute Gasteiger partial charge is 0.286 e. The lowest BCUT2D eigenvalue weighted by Crippen LogP contribution is -2.20. The van der Waals surface area contributed by atoms with Crippen molar-refractivity contribution in [1.82, 2.24) is 20.6 Å². The number of nitrogens with one attached hydrogen (secondary N) is 2. The lowest BCUT2D eigenvalue weighted by molar-refractivity contribution is -0.119. The Morgan fingerprint density at radius 1 is 0.969 bits per heavy atom. The molecule has 0 aliphatic carbocycles. The summed E-state index contributed by atoms with van der Waals surface area (Å²) in [5.41, 5.74) is 2.11. The number of carbonyl (C=O) groups is 3. The quantitative estimate of drug-likeness (QED) is 0.630. The first-order chi connectivity index (χ1) is 15.4. The van der Waals surface area contributed by atoms with Gasteiger partial charge in [-0.15, -0.1) is 0 Å². The number of carbonyl (C=O) groups excluding carboxylic acids is 3. The van der Waals surface area contributed by atoms with Crippen LogP contribution in [0, 0.1) is 11.6 Å². The van der Waals surface area contributed by atoms with E-state index >= 15 is 0 Å². The highest BCUT2D eigenvalue weighted by Gasteiger charge is 2.33. The third kappa shape index (κ3) is 3.52. The van der Waals surface area contributed by atoms with E-state index in [1.807, 2.05) is 0 Å². The molecule has 0 spiro atoms. The van der Waals surface area contributed by atoms with E-state index in [1.165, 1.54) is 6.07 Å². The van der Waals surface area contributed by atoms with Gasteiger partial charge in [0.15, 0.2) is 5.82 Å². The molecule has 2 aromatic carbocycles. The number of fused-ring (bicyclic) bond motifs is 1. The number of rotatable bonds is 4. The van der Waals surface area contributed by atoms with E-state index < -0.39 is 16.9 Å². The first-order valence-corrected chi connectivity index (χ1v) is 10.5. The molecule has 7 nitrogen and oxygen atoms in total. The molecule has 1 atom stereocenters. The minimum absolute atomic E-state index is 0.125. The van der Waals surface area contributed by atoms with Crippen LogP contribution in [0.25, 0.3) is 11.4 Å². The number of imide groups is 1. The zero-order valence-corrected chi connectivity index (χ0v) is 17.1.